The Morgan fingerprint density at radius 1 is 1.40 bits per heavy atom. The Hall–Kier alpha value is -2.29. The van der Waals surface area contributed by atoms with Crippen LogP contribution in [0.2, 0.25) is 0 Å². The molecule has 1 rings (SSSR count). The van der Waals surface area contributed by atoms with Crippen LogP contribution in [-0.4, -0.2) is 23.3 Å². The number of carbonyl (C=O) groups is 1. The summed E-state index contributed by atoms with van der Waals surface area (Å²) < 4.78 is 30.8. The third-order valence-corrected chi connectivity index (χ3v) is 1.96. The summed E-state index contributed by atoms with van der Waals surface area (Å²) in [6.07, 6.45) is -0.625. The summed E-state index contributed by atoms with van der Waals surface area (Å²) in [5.74, 6) is 1.70. The monoisotopic (exact) mass is 283 g/mol. The lowest BCUT2D eigenvalue weighted by Gasteiger charge is -2.18. The molecule has 20 heavy (non-hydrogen) atoms. The Kier molecular flexibility index (Phi) is 4.92. The number of carbonyl (C=O) groups excluding carboxylic acids is 1. The summed E-state index contributed by atoms with van der Waals surface area (Å²) in [7, 11) is 0. The Bertz CT molecular complexity index is 545. The Morgan fingerprint density at radius 3 is 2.60 bits per heavy atom. The number of aromatic hydroxyl groups is 1. The maximum Gasteiger partial charge on any atom is 0.408 e. The normalized spacial score (nSPS) is 10.4. The number of hydrogen-bond acceptors (Lipinski definition) is 3. The number of amides is 1. The smallest absolute Gasteiger partial charge is 0.408 e. The topological polar surface area (TPSA) is 58.6 Å². The average Bonchev–Trinajstić information content (AvgIpc) is 2.29. The molecule has 0 aliphatic rings. The van der Waals surface area contributed by atoms with Gasteiger partial charge in [0.15, 0.2) is 17.4 Å². The Labute approximate surface area is 115 Å². The molecular weight excluding hydrogens is 268 g/mol. The highest BCUT2D eigenvalue weighted by atomic mass is 19.2. The van der Waals surface area contributed by atoms with Gasteiger partial charge in [0.1, 0.15) is 5.60 Å². The van der Waals surface area contributed by atoms with Crippen LogP contribution in [0.4, 0.5) is 13.6 Å². The number of benzene rings is 1. The van der Waals surface area contributed by atoms with Gasteiger partial charge in [-0.2, -0.15) is 4.39 Å². The van der Waals surface area contributed by atoms with Gasteiger partial charge in [-0.3, -0.25) is 0 Å². The Balaban J connectivity index is 2.58. The molecule has 0 radical (unpaired) electrons. The van der Waals surface area contributed by atoms with E-state index in [9.17, 15) is 13.6 Å². The maximum atomic E-state index is 13.0. The van der Waals surface area contributed by atoms with E-state index in [1.165, 1.54) is 0 Å². The maximum absolute atomic E-state index is 13.0. The molecule has 108 valence electrons. The zero-order valence-electron chi connectivity index (χ0n) is 11.4. The molecule has 2 N–H and O–H groups in total. The van der Waals surface area contributed by atoms with Crippen molar-refractivity contribution in [1.29, 1.82) is 0 Å². The van der Waals surface area contributed by atoms with Gasteiger partial charge in [0.2, 0.25) is 0 Å². The molecule has 1 aromatic carbocycles. The molecule has 0 unspecified atom stereocenters. The molecule has 0 fully saturated rings. The lowest BCUT2D eigenvalue weighted by Crippen LogP contribution is -2.32. The summed E-state index contributed by atoms with van der Waals surface area (Å²) in [5.41, 5.74) is -0.504. The molecule has 0 aromatic heterocycles. The number of phenols is 1. The molecule has 0 heterocycles. The van der Waals surface area contributed by atoms with Crippen LogP contribution < -0.4 is 5.32 Å². The van der Waals surface area contributed by atoms with E-state index < -0.39 is 29.1 Å². The molecule has 0 spiro atoms. The van der Waals surface area contributed by atoms with Crippen molar-refractivity contribution in [2.24, 2.45) is 0 Å². The van der Waals surface area contributed by atoms with Crippen LogP contribution in [0, 0.1) is 23.5 Å². The van der Waals surface area contributed by atoms with Crippen molar-refractivity contribution in [2.45, 2.75) is 26.4 Å². The van der Waals surface area contributed by atoms with Crippen molar-refractivity contribution in [3.63, 3.8) is 0 Å². The van der Waals surface area contributed by atoms with Crippen molar-refractivity contribution in [3.8, 4) is 17.6 Å². The summed E-state index contributed by atoms with van der Waals surface area (Å²) >= 11 is 0. The van der Waals surface area contributed by atoms with Gasteiger partial charge in [0, 0.05) is 5.56 Å². The molecular formula is C14H15F2NO3. The molecule has 0 aliphatic heterocycles. The van der Waals surface area contributed by atoms with Crippen LogP contribution in [0.15, 0.2) is 12.1 Å². The van der Waals surface area contributed by atoms with Crippen molar-refractivity contribution in [1.82, 2.24) is 5.32 Å². The lowest BCUT2D eigenvalue weighted by atomic mass is 10.2. The Morgan fingerprint density at radius 2 is 2.05 bits per heavy atom. The predicted octanol–water partition coefficient (Wildman–Crippen LogP) is 2.55. The molecule has 4 nitrogen and oxygen atoms in total. The fraction of sp³-hybridized carbons (Fsp3) is 0.357. The minimum Gasteiger partial charge on any atom is -0.505 e. The van der Waals surface area contributed by atoms with Crippen molar-refractivity contribution < 1.29 is 23.4 Å². The van der Waals surface area contributed by atoms with E-state index in [2.05, 4.69) is 17.2 Å². The molecule has 6 heteroatoms. The molecule has 1 aromatic rings. The van der Waals surface area contributed by atoms with Crippen molar-refractivity contribution in [3.05, 3.63) is 29.3 Å². The first-order valence-corrected chi connectivity index (χ1v) is 5.83. The number of alkyl carbamates (subject to hydrolysis) is 1. The number of hydrogen-bond donors (Lipinski definition) is 2. The van der Waals surface area contributed by atoms with Gasteiger partial charge in [0.25, 0.3) is 0 Å². The number of rotatable bonds is 1. The molecule has 0 aliphatic carbocycles. The average molecular weight is 283 g/mol. The van der Waals surface area contributed by atoms with Crippen LogP contribution in [0.5, 0.6) is 5.75 Å². The van der Waals surface area contributed by atoms with Gasteiger partial charge in [0.05, 0.1) is 6.54 Å². The highest BCUT2D eigenvalue weighted by Gasteiger charge is 2.15. The quantitative estimate of drug-likeness (QED) is 0.779. The number of nitrogens with one attached hydrogen (secondary N) is 1. The fourth-order valence-electron chi connectivity index (χ4n) is 1.22. The molecule has 0 atom stereocenters. The second-order valence-electron chi connectivity index (χ2n) is 4.95. The highest BCUT2D eigenvalue weighted by molar-refractivity contribution is 5.68. The van der Waals surface area contributed by atoms with E-state index in [-0.39, 0.29) is 12.1 Å². The summed E-state index contributed by atoms with van der Waals surface area (Å²) in [6, 6.07) is 1.86. The third-order valence-electron chi connectivity index (χ3n) is 1.96. The SMILES string of the molecule is CC(C)(C)OC(=O)NCC#Cc1cc(O)c(F)c(F)c1. The molecule has 0 saturated heterocycles. The van der Waals surface area contributed by atoms with E-state index >= 15 is 0 Å². The van der Waals surface area contributed by atoms with Gasteiger partial charge in [-0.1, -0.05) is 11.8 Å². The fourth-order valence-corrected chi connectivity index (χ4v) is 1.22. The highest BCUT2D eigenvalue weighted by Crippen LogP contribution is 2.19. The summed E-state index contributed by atoms with van der Waals surface area (Å²) in [4.78, 5) is 11.3. The van der Waals surface area contributed by atoms with Crippen molar-refractivity contribution >= 4 is 6.09 Å². The largest absolute Gasteiger partial charge is 0.505 e. The van der Waals surface area contributed by atoms with Crippen LogP contribution >= 0.6 is 0 Å². The standard InChI is InChI=1S/C14H15F2NO3/c1-14(2,3)20-13(19)17-6-4-5-9-7-10(15)12(16)11(18)8-9/h7-8,18H,6H2,1-3H3,(H,17,19). The first-order chi connectivity index (χ1) is 9.19. The van der Waals surface area contributed by atoms with Crippen LogP contribution in [0.3, 0.4) is 0 Å². The van der Waals surface area contributed by atoms with Gasteiger partial charge in [-0.05, 0) is 32.9 Å². The zero-order valence-corrected chi connectivity index (χ0v) is 11.4. The van der Waals surface area contributed by atoms with E-state index in [1.54, 1.807) is 20.8 Å². The minimum absolute atomic E-state index is 0.0192. The van der Waals surface area contributed by atoms with Crippen LogP contribution in [0.1, 0.15) is 26.3 Å². The van der Waals surface area contributed by atoms with Gasteiger partial charge >= 0.3 is 6.09 Å². The van der Waals surface area contributed by atoms with Crippen LogP contribution in [0.25, 0.3) is 0 Å². The van der Waals surface area contributed by atoms with E-state index in [1.807, 2.05) is 0 Å². The first kappa shape index (κ1) is 15.8. The number of halogens is 2. The third kappa shape index (κ3) is 5.14. The second-order valence-corrected chi connectivity index (χ2v) is 4.95. The van der Waals surface area contributed by atoms with Gasteiger partial charge in [-0.25, -0.2) is 9.18 Å². The molecule has 1 amide bonds. The first-order valence-electron chi connectivity index (χ1n) is 5.83. The van der Waals surface area contributed by atoms with Crippen molar-refractivity contribution in [2.75, 3.05) is 6.54 Å². The van der Waals surface area contributed by atoms with Gasteiger partial charge < -0.3 is 15.2 Å². The van der Waals surface area contributed by atoms with Crippen LogP contribution in [-0.2, 0) is 4.74 Å². The van der Waals surface area contributed by atoms with E-state index in [4.69, 9.17) is 9.84 Å². The molecule has 0 bridgehead atoms. The second kappa shape index (κ2) is 6.24. The van der Waals surface area contributed by atoms with Gasteiger partial charge in [-0.15, -0.1) is 0 Å². The zero-order chi connectivity index (χ0) is 15.3. The van der Waals surface area contributed by atoms with E-state index in [0.717, 1.165) is 12.1 Å². The summed E-state index contributed by atoms with van der Waals surface area (Å²) in [5, 5.41) is 11.5. The molecule has 0 saturated carbocycles. The van der Waals surface area contributed by atoms with E-state index in [0.29, 0.717) is 0 Å². The number of phenolic OH excluding ortho intramolecular Hbond substituents is 1. The summed E-state index contributed by atoms with van der Waals surface area (Å²) in [6.45, 7) is 5.15. The minimum atomic E-state index is -1.32. The predicted molar refractivity (Wildman–Crippen MR) is 69.1 cm³/mol. The number of ether oxygens (including phenoxy) is 1. The lowest BCUT2D eigenvalue weighted by molar-refractivity contribution is 0.0535.